The molecular weight excluding hydrogens is 265 g/mol. The average molecular weight is 280 g/mol. The highest BCUT2D eigenvalue weighted by Gasteiger charge is 2.07. The summed E-state index contributed by atoms with van der Waals surface area (Å²) in [4.78, 5) is 0. The molecule has 0 atom stereocenters. The van der Waals surface area contributed by atoms with E-state index in [1.807, 2.05) is 26.0 Å². The molecule has 2 aromatic rings. The summed E-state index contributed by atoms with van der Waals surface area (Å²) in [5.41, 5.74) is 9.25. The summed E-state index contributed by atoms with van der Waals surface area (Å²) in [6, 6.07) is 8.28. The number of benzene rings is 2. The maximum Gasteiger partial charge on any atom is 0.141 e. The lowest BCUT2D eigenvalue weighted by molar-refractivity contribution is 0.302. The lowest BCUT2D eigenvalue weighted by atomic mass is 10.1. The number of hydrogen-bond donors (Lipinski definition) is 1. The van der Waals surface area contributed by atoms with E-state index < -0.39 is 5.82 Å². The van der Waals surface area contributed by atoms with Gasteiger partial charge in [-0.1, -0.05) is 17.7 Å². The van der Waals surface area contributed by atoms with E-state index in [0.717, 1.165) is 22.4 Å². The SMILES string of the molecule is Cc1cc(N)cc(C)c1OCc1ccc(F)c(Cl)c1. The Kier molecular flexibility index (Phi) is 3.96. The van der Waals surface area contributed by atoms with Crippen molar-refractivity contribution in [3.8, 4) is 5.75 Å². The zero-order valence-corrected chi connectivity index (χ0v) is 11.6. The van der Waals surface area contributed by atoms with Crippen LogP contribution >= 0.6 is 11.6 Å². The van der Waals surface area contributed by atoms with Crippen molar-refractivity contribution in [2.75, 3.05) is 5.73 Å². The molecular formula is C15H15ClFNO. The van der Waals surface area contributed by atoms with Crippen molar-refractivity contribution in [1.82, 2.24) is 0 Å². The molecule has 2 nitrogen and oxygen atoms in total. The van der Waals surface area contributed by atoms with Crippen molar-refractivity contribution >= 4 is 17.3 Å². The van der Waals surface area contributed by atoms with E-state index in [4.69, 9.17) is 22.1 Å². The normalized spacial score (nSPS) is 10.5. The number of anilines is 1. The van der Waals surface area contributed by atoms with Crippen LogP contribution in [0.1, 0.15) is 16.7 Å². The van der Waals surface area contributed by atoms with Gasteiger partial charge in [-0.05, 0) is 54.8 Å². The van der Waals surface area contributed by atoms with Crippen molar-refractivity contribution in [1.29, 1.82) is 0 Å². The molecule has 4 heteroatoms. The maximum absolute atomic E-state index is 13.0. The smallest absolute Gasteiger partial charge is 0.141 e. The third kappa shape index (κ3) is 3.18. The topological polar surface area (TPSA) is 35.2 Å². The molecule has 0 aromatic heterocycles. The van der Waals surface area contributed by atoms with Gasteiger partial charge >= 0.3 is 0 Å². The summed E-state index contributed by atoms with van der Waals surface area (Å²) >= 11 is 5.73. The monoisotopic (exact) mass is 279 g/mol. The Bertz CT molecular complexity index is 590. The van der Waals surface area contributed by atoms with Gasteiger partial charge in [-0.2, -0.15) is 0 Å². The fourth-order valence-corrected chi connectivity index (χ4v) is 2.20. The highest BCUT2D eigenvalue weighted by atomic mass is 35.5. The van der Waals surface area contributed by atoms with E-state index in [2.05, 4.69) is 0 Å². The molecule has 0 bridgehead atoms. The Morgan fingerprint density at radius 3 is 2.37 bits per heavy atom. The molecule has 19 heavy (non-hydrogen) atoms. The number of hydrogen-bond acceptors (Lipinski definition) is 2. The van der Waals surface area contributed by atoms with Crippen LogP contribution in [0, 0.1) is 19.7 Å². The molecule has 2 rings (SSSR count). The van der Waals surface area contributed by atoms with Gasteiger partial charge in [-0.3, -0.25) is 0 Å². The molecule has 2 aromatic carbocycles. The van der Waals surface area contributed by atoms with Crippen LogP contribution in [-0.4, -0.2) is 0 Å². The third-order valence-electron chi connectivity index (χ3n) is 2.85. The molecule has 0 saturated carbocycles. The van der Waals surface area contributed by atoms with Crippen LogP contribution in [0.15, 0.2) is 30.3 Å². The molecule has 0 aliphatic rings. The Morgan fingerprint density at radius 1 is 1.16 bits per heavy atom. The quantitative estimate of drug-likeness (QED) is 0.852. The fraction of sp³-hybridized carbons (Fsp3) is 0.200. The van der Waals surface area contributed by atoms with Crippen molar-refractivity contribution in [2.24, 2.45) is 0 Å². The van der Waals surface area contributed by atoms with Crippen LogP contribution in [0.25, 0.3) is 0 Å². The van der Waals surface area contributed by atoms with Crippen molar-refractivity contribution in [3.63, 3.8) is 0 Å². The largest absolute Gasteiger partial charge is 0.488 e. The Morgan fingerprint density at radius 2 is 1.79 bits per heavy atom. The number of aryl methyl sites for hydroxylation is 2. The van der Waals surface area contributed by atoms with Crippen molar-refractivity contribution in [2.45, 2.75) is 20.5 Å². The minimum Gasteiger partial charge on any atom is -0.488 e. The highest BCUT2D eigenvalue weighted by molar-refractivity contribution is 6.30. The van der Waals surface area contributed by atoms with Gasteiger partial charge in [-0.25, -0.2) is 4.39 Å². The standard InChI is InChI=1S/C15H15ClFNO/c1-9-5-12(18)6-10(2)15(9)19-8-11-3-4-14(17)13(16)7-11/h3-7H,8,18H2,1-2H3. The van der Waals surface area contributed by atoms with Crippen LogP contribution < -0.4 is 10.5 Å². The van der Waals surface area contributed by atoms with Crippen LogP contribution in [0.2, 0.25) is 5.02 Å². The van der Waals surface area contributed by atoms with E-state index in [1.54, 1.807) is 12.1 Å². The van der Waals surface area contributed by atoms with E-state index in [-0.39, 0.29) is 5.02 Å². The number of rotatable bonds is 3. The summed E-state index contributed by atoms with van der Waals surface area (Å²) in [6.45, 7) is 4.22. The molecule has 0 aliphatic heterocycles. The van der Waals surface area contributed by atoms with Gasteiger partial charge in [0.15, 0.2) is 0 Å². The molecule has 0 fully saturated rings. The first-order valence-corrected chi connectivity index (χ1v) is 6.28. The Hall–Kier alpha value is -1.74. The lowest BCUT2D eigenvalue weighted by Gasteiger charge is -2.13. The average Bonchev–Trinajstić information content (AvgIpc) is 2.32. The number of nitrogen functional groups attached to an aromatic ring is 1. The molecule has 2 N–H and O–H groups in total. The van der Waals surface area contributed by atoms with Crippen molar-refractivity contribution in [3.05, 3.63) is 57.9 Å². The molecule has 0 saturated heterocycles. The zero-order chi connectivity index (χ0) is 14.0. The molecule has 0 radical (unpaired) electrons. The second-order valence-corrected chi connectivity index (χ2v) is 4.93. The molecule has 0 aliphatic carbocycles. The summed E-state index contributed by atoms with van der Waals surface area (Å²) in [5.74, 6) is 0.375. The van der Waals surface area contributed by atoms with Gasteiger partial charge in [-0.15, -0.1) is 0 Å². The highest BCUT2D eigenvalue weighted by Crippen LogP contribution is 2.27. The van der Waals surface area contributed by atoms with Gasteiger partial charge in [0, 0.05) is 5.69 Å². The fourth-order valence-electron chi connectivity index (χ4n) is 2.00. The van der Waals surface area contributed by atoms with E-state index in [9.17, 15) is 4.39 Å². The van der Waals surface area contributed by atoms with E-state index in [1.165, 1.54) is 6.07 Å². The first-order valence-electron chi connectivity index (χ1n) is 5.91. The van der Waals surface area contributed by atoms with E-state index in [0.29, 0.717) is 12.3 Å². The number of ether oxygens (including phenoxy) is 1. The first kappa shape index (κ1) is 13.7. The predicted octanol–water partition coefficient (Wildman–Crippen LogP) is 4.26. The first-order chi connectivity index (χ1) is 8.97. The Balaban J connectivity index is 2.16. The molecule has 0 spiro atoms. The molecule has 0 heterocycles. The predicted molar refractivity (Wildman–Crippen MR) is 76.1 cm³/mol. The van der Waals surface area contributed by atoms with Crippen LogP contribution in [0.5, 0.6) is 5.75 Å². The van der Waals surface area contributed by atoms with E-state index >= 15 is 0 Å². The molecule has 0 amide bonds. The Labute approximate surface area is 117 Å². The maximum atomic E-state index is 13.0. The number of halogens is 2. The van der Waals surface area contributed by atoms with Crippen LogP contribution in [0.3, 0.4) is 0 Å². The second kappa shape index (κ2) is 5.49. The van der Waals surface area contributed by atoms with Gasteiger partial charge in [0.05, 0.1) is 5.02 Å². The van der Waals surface area contributed by atoms with Gasteiger partial charge in [0.25, 0.3) is 0 Å². The third-order valence-corrected chi connectivity index (χ3v) is 3.14. The molecule has 100 valence electrons. The summed E-state index contributed by atoms with van der Waals surface area (Å²) in [7, 11) is 0. The van der Waals surface area contributed by atoms with Crippen LogP contribution in [0.4, 0.5) is 10.1 Å². The minimum absolute atomic E-state index is 0.104. The summed E-state index contributed by atoms with van der Waals surface area (Å²) in [5, 5.41) is 0.104. The van der Waals surface area contributed by atoms with Crippen molar-refractivity contribution < 1.29 is 9.13 Å². The van der Waals surface area contributed by atoms with Crippen LogP contribution in [-0.2, 0) is 6.61 Å². The molecule has 0 unspecified atom stereocenters. The lowest BCUT2D eigenvalue weighted by Crippen LogP contribution is -2.00. The second-order valence-electron chi connectivity index (χ2n) is 4.52. The van der Waals surface area contributed by atoms with Gasteiger partial charge in [0.1, 0.15) is 18.2 Å². The zero-order valence-electron chi connectivity index (χ0n) is 10.8. The van der Waals surface area contributed by atoms with Gasteiger partial charge in [0.2, 0.25) is 0 Å². The van der Waals surface area contributed by atoms with Gasteiger partial charge < -0.3 is 10.5 Å². The number of nitrogens with two attached hydrogens (primary N) is 1. The summed E-state index contributed by atoms with van der Waals surface area (Å²) < 4.78 is 18.8. The summed E-state index contributed by atoms with van der Waals surface area (Å²) in [6.07, 6.45) is 0. The minimum atomic E-state index is -0.426.